The van der Waals surface area contributed by atoms with E-state index in [1.165, 1.54) is 22.4 Å². The van der Waals surface area contributed by atoms with Gasteiger partial charge in [-0.05, 0) is 30.6 Å². The molecule has 1 unspecified atom stereocenters. The number of aromatic nitrogens is 2. The van der Waals surface area contributed by atoms with Crippen molar-refractivity contribution in [1.29, 1.82) is 0 Å². The van der Waals surface area contributed by atoms with Gasteiger partial charge < -0.3 is 4.57 Å². The molecule has 0 saturated carbocycles. The molecule has 0 spiro atoms. The SMILES string of the molecule is CC1=C(c2ccccc2)C(C)n2cncc21. The summed E-state index contributed by atoms with van der Waals surface area (Å²) in [6.07, 6.45) is 3.86. The van der Waals surface area contributed by atoms with Crippen molar-refractivity contribution in [3.63, 3.8) is 0 Å². The Morgan fingerprint density at radius 3 is 2.62 bits per heavy atom. The molecule has 2 aromatic rings. The van der Waals surface area contributed by atoms with Gasteiger partial charge in [-0.25, -0.2) is 4.98 Å². The molecule has 80 valence electrons. The van der Waals surface area contributed by atoms with Crippen LogP contribution in [-0.2, 0) is 0 Å². The molecule has 1 aliphatic heterocycles. The van der Waals surface area contributed by atoms with Crippen molar-refractivity contribution in [2.45, 2.75) is 19.9 Å². The van der Waals surface area contributed by atoms with Crippen LogP contribution < -0.4 is 0 Å². The largest absolute Gasteiger partial charge is 0.324 e. The lowest BCUT2D eigenvalue weighted by atomic mass is 9.97. The molecule has 0 radical (unpaired) electrons. The number of imidazole rings is 1. The predicted octanol–water partition coefficient (Wildman–Crippen LogP) is 3.39. The highest BCUT2D eigenvalue weighted by Crippen LogP contribution is 2.41. The third-order valence-electron chi connectivity index (χ3n) is 3.37. The van der Waals surface area contributed by atoms with E-state index in [1.807, 2.05) is 12.5 Å². The Morgan fingerprint density at radius 2 is 1.94 bits per heavy atom. The van der Waals surface area contributed by atoms with Gasteiger partial charge in [-0.15, -0.1) is 0 Å². The lowest BCUT2D eigenvalue weighted by Gasteiger charge is -2.12. The molecule has 2 nitrogen and oxygen atoms in total. The van der Waals surface area contributed by atoms with E-state index in [-0.39, 0.29) is 0 Å². The van der Waals surface area contributed by atoms with Crippen molar-refractivity contribution in [3.8, 4) is 0 Å². The second kappa shape index (κ2) is 3.34. The number of rotatable bonds is 1. The fourth-order valence-electron chi connectivity index (χ4n) is 2.57. The molecule has 1 atom stereocenters. The van der Waals surface area contributed by atoms with Crippen LogP contribution in [0.3, 0.4) is 0 Å². The Kier molecular flexibility index (Phi) is 1.96. The van der Waals surface area contributed by atoms with Gasteiger partial charge in [-0.3, -0.25) is 0 Å². The van der Waals surface area contributed by atoms with E-state index >= 15 is 0 Å². The van der Waals surface area contributed by atoms with Crippen LogP contribution >= 0.6 is 0 Å². The number of hydrogen-bond donors (Lipinski definition) is 0. The zero-order valence-corrected chi connectivity index (χ0v) is 9.51. The van der Waals surface area contributed by atoms with Crippen molar-refractivity contribution in [2.75, 3.05) is 0 Å². The summed E-state index contributed by atoms with van der Waals surface area (Å²) in [5.41, 5.74) is 5.32. The maximum Gasteiger partial charge on any atom is 0.0956 e. The van der Waals surface area contributed by atoms with E-state index in [0.29, 0.717) is 6.04 Å². The summed E-state index contributed by atoms with van der Waals surface area (Å²) in [5.74, 6) is 0. The molecule has 1 aromatic heterocycles. The van der Waals surface area contributed by atoms with Gasteiger partial charge in [0, 0.05) is 0 Å². The first-order valence-electron chi connectivity index (χ1n) is 5.57. The Labute approximate surface area is 95.3 Å². The maximum atomic E-state index is 4.20. The first kappa shape index (κ1) is 9.40. The molecule has 0 aliphatic carbocycles. The van der Waals surface area contributed by atoms with Crippen molar-refractivity contribution < 1.29 is 0 Å². The Hall–Kier alpha value is -1.83. The van der Waals surface area contributed by atoms with E-state index in [4.69, 9.17) is 0 Å². The zero-order chi connectivity index (χ0) is 11.1. The smallest absolute Gasteiger partial charge is 0.0956 e. The average Bonchev–Trinajstić information content (AvgIpc) is 2.86. The molecule has 0 fully saturated rings. The highest BCUT2D eigenvalue weighted by molar-refractivity contribution is 5.93. The minimum atomic E-state index is 0.389. The number of nitrogens with zero attached hydrogens (tertiary/aromatic N) is 2. The van der Waals surface area contributed by atoms with Crippen LogP contribution in [0.5, 0.6) is 0 Å². The summed E-state index contributed by atoms with van der Waals surface area (Å²) in [4.78, 5) is 4.20. The molecular weight excluding hydrogens is 196 g/mol. The molecule has 1 aromatic carbocycles. The van der Waals surface area contributed by atoms with Crippen molar-refractivity contribution in [1.82, 2.24) is 9.55 Å². The van der Waals surface area contributed by atoms with Crippen LogP contribution in [0.25, 0.3) is 11.1 Å². The molecule has 0 amide bonds. The van der Waals surface area contributed by atoms with Gasteiger partial charge in [0.1, 0.15) is 0 Å². The van der Waals surface area contributed by atoms with Crippen LogP contribution in [-0.4, -0.2) is 9.55 Å². The lowest BCUT2D eigenvalue weighted by Crippen LogP contribution is -2.01. The lowest BCUT2D eigenvalue weighted by molar-refractivity contribution is 0.689. The Balaban J connectivity index is 2.17. The predicted molar refractivity (Wildman–Crippen MR) is 65.9 cm³/mol. The van der Waals surface area contributed by atoms with Gasteiger partial charge in [-0.2, -0.15) is 0 Å². The fraction of sp³-hybridized carbons (Fsp3) is 0.214. The standard InChI is InChI=1S/C14H14N2/c1-10-13-8-15-9-16(13)11(2)14(10)12-6-4-3-5-7-12/h3-9,11H,1-2H3. The van der Waals surface area contributed by atoms with Crippen LogP contribution in [0, 0.1) is 0 Å². The number of fused-ring (bicyclic) bond motifs is 1. The van der Waals surface area contributed by atoms with E-state index in [1.54, 1.807) is 0 Å². The second-order valence-electron chi connectivity index (χ2n) is 4.27. The Morgan fingerprint density at radius 1 is 1.19 bits per heavy atom. The molecule has 0 saturated heterocycles. The van der Waals surface area contributed by atoms with Crippen molar-refractivity contribution in [3.05, 3.63) is 54.1 Å². The van der Waals surface area contributed by atoms with Gasteiger partial charge in [0.05, 0.1) is 24.3 Å². The van der Waals surface area contributed by atoms with Crippen molar-refractivity contribution >= 4 is 11.1 Å². The van der Waals surface area contributed by atoms with E-state index in [9.17, 15) is 0 Å². The molecule has 0 N–H and O–H groups in total. The summed E-state index contributed by atoms with van der Waals surface area (Å²) in [6, 6.07) is 11.0. The quantitative estimate of drug-likeness (QED) is 0.705. The molecule has 16 heavy (non-hydrogen) atoms. The third-order valence-corrected chi connectivity index (χ3v) is 3.37. The average molecular weight is 210 g/mol. The second-order valence-corrected chi connectivity index (χ2v) is 4.27. The minimum Gasteiger partial charge on any atom is -0.324 e. The van der Waals surface area contributed by atoms with Crippen molar-refractivity contribution in [2.24, 2.45) is 0 Å². The van der Waals surface area contributed by atoms with Gasteiger partial charge in [0.15, 0.2) is 0 Å². The number of allylic oxidation sites excluding steroid dienone is 2. The highest BCUT2D eigenvalue weighted by atomic mass is 15.1. The molecule has 2 heteroatoms. The molecule has 3 rings (SSSR count). The maximum absolute atomic E-state index is 4.20. The molecule has 2 heterocycles. The zero-order valence-electron chi connectivity index (χ0n) is 9.51. The number of benzene rings is 1. The molecule has 1 aliphatic rings. The molecular formula is C14H14N2. The number of hydrogen-bond acceptors (Lipinski definition) is 1. The van der Waals surface area contributed by atoms with Crippen LogP contribution in [0.2, 0.25) is 0 Å². The summed E-state index contributed by atoms with van der Waals surface area (Å²) in [7, 11) is 0. The summed E-state index contributed by atoms with van der Waals surface area (Å²) in [5, 5.41) is 0. The van der Waals surface area contributed by atoms with E-state index < -0.39 is 0 Å². The van der Waals surface area contributed by atoms with E-state index in [2.05, 4.69) is 53.7 Å². The topological polar surface area (TPSA) is 17.8 Å². The first-order chi connectivity index (χ1) is 7.79. The van der Waals surface area contributed by atoms with E-state index in [0.717, 1.165) is 0 Å². The van der Waals surface area contributed by atoms with Gasteiger partial charge in [-0.1, -0.05) is 30.3 Å². The van der Waals surface area contributed by atoms with Gasteiger partial charge in [0.25, 0.3) is 0 Å². The Bertz CT molecular complexity index is 549. The first-order valence-corrected chi connectivity index (χ1v) is 5.57. The third kappa shape index (κ3) is 1.16. The minimum absolute atomic E-state index is 0.389. The van der Waals surface area contributed by atoms with Crippen LogP contribution in [0.1, 0.15) is 31.1 Å². The van der Waals surface area contributed by atoms with Crippen LogP contribution in [0.4, 0.5) is 0 Å². The van der Waals surface area contributed by atoms with Gasteiger partial charge in [0.2, 0.25) is 0 Å². The van der Waals surface area contributed by atoms with Gasteiger partial charge >= 0.3 is 0 Å². The summed E-state index contributed by atoms with van der Waals surface area (Å²) in [6.45, 7) is 4.41. The fourth-order valence-corrected chi connectivity index (χ4v) is 2.57. The van der Waals surface area contributed by atoms with Crippen LogP contribution in [0.15, 0.2) is 42.9 Å². The summed E-state index contributed by atoms with van der Waals surface area (Å²) >= 11 is 0. The summed E-state index contributed by atoms with van der Waals surface area (Å²) < 4.78 is 2.23. The highest BCUT2D eigenvalue weighted by Gasteiger charge is 2.25. The normalized spacial score (nSPS) is 19.0. The monoisotopic (exact) mass is 210 g/mol. The molecule has 0 bridgehead atoms.